The van der Waals surface area contributed by atoms with Crippen molar-refractivity contribution < 1.29 is 16.5 Å². The zero-order valence-electron chi connectivity index (χ0n) is 10.6. The zero-order chi connectivity index (χ0) is 14.9. The summed E-state index contributed by atoms with van der Waals surface area (Å²) in [5, 5.41) is 0. The molecule has 21 heavy (non-hydrogen) atoms. The van der Waals surface area contributed by atoms with Crippen LogP contribution in [0.1, 0.15) is 0 Å². The van der Waals surface area contributed by atoms with Gasteiger partial charge in [-0.15, -0.1) is 0 Å². The predicted molar refractivity (Wildman–Crippen MR) is 93.7 cm³/mol. The first kappa shape index (κ1) is 16.9. The van der Waals surface area contributed by atoms with E-state index < -0.39 is 16.5 Å². The quantitative estimate of drug-likeness (QED) is 0.279. The number of hydrogen-bond acceptors (Lipinski definition) is 2. The van der Waals surface area contributed by atoms with Gasteiger partial charge in [0.2, 0.25) is 11.0 Å². The fourth-order valence-corrected chi connectivity index (χ4v) is 3.16. The molecule has 0 aliphatic rings. The monoisotopic (exact) mass is 537 g/mol. The molecule has 0 fully saturated rings. The molecule has 0 atom stereocenters. The third-order valence-corrected chi connectivity index (χ3v) is 4.33. The molecule has 0 radical (unpaired) electrons. The SMILES string of the molecule is [Cl][Pt][Cl].c1ccc2[sH+]cnc2c1.c1ccc2[sH+]cnc2c1. The second kappa shape index (κ2) is 9.49. The number of halogens is 2. The summed E-state index contributed by atoms with van der Waals surface area (Å²) in [6.07, 6.45) is 0. The average molecular weight is 538 g/mol. The van der Waals surface area contributed by atoms with Crippen LogP contribution in [-0.4, -0.2) is 9.97 Å². The summed E-state index contributed by atoms with van der Waals surface area (Å²) in [4.78, 5) is 8.32. The number of benzene rings is 2. The molecular formula is C14H12Cl2N2PtS2+2. The van der Waals surface area contributed by atoms with E-state index in [1.165, 1.54) is 32.1 Å². The molecule has 0 spiro atoms. The first-order chi connectivity index (χ1) is 10.3. The van der Waals surface area contributed by atoms with Gasteiger partial charge in [-0.1, -0.05) is 24.3 Å². The molecule has 112 valence electrons. The van der Waals surface area contributed by atoms with Gasteiger partial charge >= 0.3 is 35.3 Å². The summed E-state index contributed by atoms with van der Waals surface area (Å²) in [6.45, 7) is 0. The van der Waals surface area contributed by atoms with Crippen molar-refractivity contribution in [2.45, 2.75) is 0 Å². The number of rotatable bonds is 0. The second-order valence-corrected chi connectivity index (χ2v) is 8.99. The minimum atomic E-state index is -0.472. The third kappa shape index (κ3) is 5.31. The van der Waals surface area contributed by atoms with Gasteiger partial charge in [0.25, 0.3) is 0 Å². The van der Waals surface area contributed by atoms with Crippen LogP contribution in [0.4, 0.5) is 0 Å². The van der Waals surface area contributed by atoms with Crippen molar-refractivity contribution >= 4 is 61.9 Å². The van der Waals surface area contributed by atoms with Crippen LogP contribution < -0.4 is 0 Å². The standard InChI is InChI=1S/2C7H5NS.2ClH.Pt/c2*1-2-4-7-6(3-1)8-5-9-7;;;/h2*1-5H;2*1H;/q;;;;+2. The Kier molecular flexibility index (Phi) is 7.62. The van der Waals surface area contributed by atoms with Crippen molar-refractivity contribution in [3.8, 4) is 0 Å². The molecule has 2 nitrogen and oxygen atoms in total. The molecule has 2 heterocycles. The minimum Gasteiger partial charge on any atom is -0.200 e. The van der Waals surface area contributed by atoms with Gasteiger partial charge in [0, 0.05) is 0 Å². The topological polar surface area (TPSA) is 25.8 Å². The van der Waals surface area contributed by atoms with E-state index in [1.54, 1.807) is 0 Å². The van der Waals surface area contributed by atoms with E-state index in [4.69, 9.17) is 18.8 Å². The van der Waals surface area contributed by atoms with Crippen LogP contribution in [0.5, 0.6) is 0 Å². The zero-order valence-corrected chi connectivity index (χ0v) is 16.2. The molecule has 0 N–H and O–H groups in total. The molecule has 2 aromatic heterocycles. The Balaban J connectivity index is 0.000000130. The fourth-order valence-electron chi connectivity index (χ4n) is 1.67. The maximum Gasteiger partial charge on any atom is 0.228 e. The number of thiazole rings is 2. The van der Waals surface area contributed by atoms with Crippen LogP contribution in [0, 0.1) is 0 Å². The van der Waals surface area contributed by atoms with Crippen LogP contribution in [0.15, 0.2) is 59.6 Å². The van der Waals surface area contributed by atoms with Crippen molar-refractivity contribution in [2.75, 3.05) is 0 Å². The van der Waals surface area contributed by atoms with Gasteiger partial charge in [0.05, 0.1) is 0 Å². The first-order valence-electron chi connectivity index (χ1n) is 5.82. The number of aromatic nitrogens is 2. The Morgan fingerprint density at radius 1 is 0.714 bits per heavy atom. The molecule has 0 aliphatic heterocycles. The molecule has 0 amide bonds. The fraction of sp³-hybridized carbons (Fsp3) is 0. The van der Waals surface area contributed by atoms with E-state index >= 15 is 0 Å². The van der Waals surface area contributed by atoms with Gasteiger partial charge in [-0.25, -0.2) is 0 Å². The third-order valence-electron chi connectivity index (χ3n) is 2.55. The smallest absolute Gasteiger partial charge is 0.200 e. The summed E-state index contributed by atoms with van der Waals surface area (Å²) in [5.74, 6) is 0. The summed E-state index contributed by atoms with van der Waals surface area (Å²) in [5.41, 5.74) is 6.09. The molecule has 2 aromatic carbocycles. The van der Waals surface area contributed by atoms with Crippen LogP contribution >= 0.6 is 41.5 Å². The van der Waals surface area contributed by atoms with Crippen molar-refractivity contribution in [1.82, 2.24) is 9.97 Å². The van der Waals surface area contributed by atoms with Gasteiger partial charge in [-0.3, -0.25) is 0 Å². The van der Waals surface area contributed by atoms with Crippen LogP contribution in [-0.2, 0) is 16.5 Å². The Morgan fingerprint density at radius 2 is 1.10 bits per heavy atom. The Bertz CT molecular complexity index is 662. The van der Waals surface area contributed by atoms with Crippen LogP contribution in [0.2, 0.25) is 0 Å². The van der Waals surface area contributed by atoms with Gasteiger partial charge in [-0.2, -0.15) is 9.97 Å². The van der Waals surface area contributed by atoms with Crippen molar-refractivity contribution in [1.29, 1.82) is 0 Å². The summed E-state index contributed by atoms with van der Waals surface area (Å²) < 4.78 is 2.63. The van der Waals surface area contributed by atoms with E-state index in [9.17, 15) is 0 Å². The summed E-state index contributed by atoms with van der Waals surface area (Å²) in [7, 11) is 9.75. The van der Waals surface area contributed by atoms with Gasteiger partial charge in [-0.05, 0) is 46.9 Å². The molecule has 0 unspecified atom stereocenters. The number of hydrogen-bond donors (Lipinski definition) is 0. The number of nitrogens with zero attached hydrogens (tertiary/aromatic N) is 2. The van der Waals surface area contributed by atoms with Crippen LogP contribution in [0.3, 0.4) is 0 Å². The Labute approximate surface area is 147 Å². The maximum absolute atomic E-state index is 4.88. The van der Waals surface area contributed by atoms with Gasteiger partial charge in [0.15, 0.2) is 9.40 Å². The molecule has 4 aromatic rings. The minimum absolute atomic E-state index is 0.472. The van der Waals surface area contributed by atoms with E-state index in [2.05, 4.69) is 22.1 Å². The normalized spacial score (nSPS) is 9.81. The van der Waals surface area contributed by atoms with Crippen molar-refractivity contribution in [3.05, 3.63) is 59.6 Å². The predicted octanol–water partition coefficient (Wildman–Crippen LogP) is 5.43. The molecule has 7 heteroatoms. The molecule has 0 saturated heterocycles. The average Bonchev–Trinajstić information content (AvgIpc) is 3.17. The van der Waals surface area contributed by atoms with Crippen LogP contribution in [0.25, 0.3) is 20.4 Å². The van der Waals surface area contributed by atoms with E-state index in [-0.39, 0.29) is 0 Å². The molecule has 0 bridgehead atoms. The van der Waals surface area contributed by atoms with Crippen molar-refractivity contribution in [3.63, 3.8) is 0 Å². The molecule has 0 aliphatic carbocycles. The molecule has 0 saturated carbocycles. The van der Waals surface area contributed by atoms with Crippen molar-refractivity contribution in [2.24, 2.45) is 0 Å². The number of para-hydroxylation sites is 2. The second-order valence-electron chi connectivity index (χ2n) is 3.77. The van der Waals surface area contributed by atoms with Gasteiger partial charge < -0.3 is 0 Å². The van der Waals surface area contributed by atoms with E-state index in [0.29, 0.717) is 0 Å². The first-order valence-corrected chi connectivity index (χ1v) is 13.4. The summed E-state index contributed by atoms with van der Waals surface area (Å²) in [6, 6.07) is 16.4. The van der Waals surface area contributed by atoms with Gasteiger partial charge in [0.1, 0.15) is 11.0 Å². The van der Waals surface area contributed by atoms with E-state index in [1.807, 2.05) is 47.4 Å². The maximum atomic E-state index is 4.88. The molecule has 4 rings (SSSR count). The van der Waals surface area contributed by atoms with E-state index in [0.717, 1.165) is 11.0 Å². The summed E-state index contributed by atoms with van der Waals surface area (Å²) >= 11 is 1.99. The Morgan fingerprint density at radius 3 is 1.48 bits per heavy atom. The Hall–Kier alpha value is -0.512. The molecular weight excluding hydrogens is 526 g/mol. The largest absolute Gasteiger partial charge is 0.228 e. The number of fused-ring (bicyclic) bond motifs is 2.